The molecule has 0 spiro atoms. The minimum absolute atomic E-state index is 0.0781. The summed E-state index contributed by atoms with van der Waals surface area (Å²) >= 11 is 5.96. The molecule has 4 rings (SSSR count). The van der Waals surface area contributed by atoms with Crippen LogP contribution in [0.2, 0.25) is 5.02 Å². The molecule has 0 bridgehead atoms. The molecule has 138 valence electrons. The van der Waals surface area contributed by atoms with Crippen LogP contribution in [0.3, 0.4) is 0 Å². The molecule has 0 saturated carbocycles. The van der Waals surface area contributed by atoms with Gasteiger partial charge in [-0.15, -0.1) is 0 Å². The molecule has 2 aliphatic heterocycles. The first-order valence-corrected chi connectivity index (χ1v) is 10.4. The third-order valence-corrected chi connectivity index (χ3v) is 6.52. The van der Waals surface area contributed by atoms with Gasteiger partial charge in [-0.05, 0) is 17.7 Å². The standard InChI is InChI=1S/C17H19ClN4O3S/c18-15-3-1-2-13(8-15)12-26(23,24)22-10-14-9-19-17(20-16(14)11-22)21-4-6-25-7-5-21/h1-3,8-9H,4-7,10-12H2. The number of anilines is 1. The maximum atomic E-state index is 12.8. The Kier molecular flexibility index (Phi) is 4.83. The summed E-state index contributed by atoms with van der Waals surface area (Å²) in [5.41, 5.74) is 2.31. The van der Waals surface area contributed by atoms with E-state index in [1.165, 1.54) is 4.31 Å². The van der Waals surface area contributed by atoms with Crippen molar-refractivity contribution in [3.8, 4) is 0 Å². The summed E-state index contributed by atoms with van der Waals surface area (Å²) in [5, 5.41) is 0.531. The zero-order chi connectivity index (χ0) is 18.1. The maximum Gasteiger partial charge on any atom is 0.225 e. The lowest BCUT2D eigenvalue weighted by atomic mass is 10.2. The SMILES string of the molecule is O=S(=O)(Cc1cccc(Cl)c1)N1Cc2cnc(N3CCOCC3)nc2C1. The van der Waals surface area contributed by atoms with Crippen LogP contribution in [0.4, 0.5) is 5.95 Å². The van der Waals surface area contributed by atoms with Crippen molar-refractivity contribution in [1.29, 1.82) is 0 Å². The monoisotopic (exact) mass is 394 g/mol. The van der Waals surface area contributed by atoms with Gasteiger partial charge in [0, 0.05) is 36.4 Å². The van der Waals surface area contributed by atoms with Crippen molar-refractivity contribution in [2.24, 2.45) is 0 Å². The van der Waals surface area contributed by atoms with Crippen LogP contribution in [-0.2, 0) is 33.6 Å². The highest BCUT2D eigenvalue weighted by Gasteiger charge is 2.31. The molecule has 9 heteroatoms. The number of fused-ring (bicyclic) bond motifs is 1. The van der Waals surface area contributed by atoms with E-state index >= 15 is 0 Å². The molecule has 2 aromatic rings. The molecule has 0 aliphatic carbocycles. The largest absolute Gasteiger partial charge is 0.378 e. The van der Waals surface area contributed by atoms with Gasteiger partial charge < -0.3 is 9.64 Å². The molecular weight excluding hydrogens is 376 g/mol. The minimum atomic E-state index is -3.46. The number of benzene rings is 1. The quantitative estimate of drug-likeness (QED) is 0.787. The summed E-state index contributed by atoms with van der Waals surface area (Å²) < 4.78 is 32.4. The lowest BCUT2D eigenvalue weighted by molar-refractivity contribution is 0.122. The normalized spacial score (nSPS) is 18.1. The molecule has 1 saturated heterocycles. The number of aromatic nitrogens is 2. The fraction of sp³-hybridized carbons (Fsp3) is 0.412. The van der Waals surface area contributed by atoms with Crippen molar-refractivity contribution in [2.45, 2.75) is 18.8 Å². The Balaban J connectivity index is 1.50. The van der Waals surface area contributed by atoms with Crippen LogP contribution < -0.4 is 4.90 Å². The van der Waals surface area contributed by atoms with E-state index in [1.54, 1.807) is 30.5 Å². The first-order chi connectivity index (χ1) is 12.5. The molecule has 1 aromatic heterocycles. The van der Waals surface area contributed by atoms with Crippen molar-refractivity contribution in [1.82, 2.24) is 14.3 Å². The summed E-state index contributed by atoms with van der Waals surface area (Å²) in [6, 6.07) is 6.93. The molecule has 0 radical (unpaired) electrons. The average molecular weight is 395 g/mol. The Hall–Kier alpha value is -1.74. The van der Waals surface area contributed by atoms with E-state index in [-0.39, 0.29) is 12.3 Å². The number of nitrogens with zero attached hydrogens (tertiary/aromatic N) is 4. The summed E-state index contributed by atoms with van der Waals surface area (Å²) in [4.78, 5) is 11.1. The van der Waals surface area contributed by atoms with Gasteiger partial charge in [0.25, 0.3) is 0 Å². The topological polar surface area (TPSA) is 75.6 Å². The van der Waals surface area contributed by atoms with Crippen molar-refractivity contribution >= 4 is 27.6 Å². The molecule has 1 aromatic carbocycles. The van der Waals surface area contributed by atoms with Crippen LogP contribution >= 0.6 is 11.6 Å². The summed E-state index contributed by atoms with van der Waals surface area (Å²) in [7, 11) is -3.46. The van der Waals surface area contributed by atoms with Gasteiger partial charge in [-0.1, -0.05) is 23.7 Å². The number of ether oxygens (including phenoxy) is 1. The van der Waals surface area contributed by atoms with Crippen molar-refractivity contribution in [3.05, 3.63) is 52.3 Å². The zero-order valence-electron chi connectivity index (χ0n) is 14.1. The van der Waals surface area contributed by atoms with Crippen LogP contribution in [0.25, 0.3) is 0 Å². The second-order valence-corrected chi connectivity index (χ2v) is 8.80. The van der Waals surface area contributed by atoms with E-state index in [0.29, 0.717) is 36.3 Å². The third-order valence-electron chi connectivity index (χ3n) is 4.54. The van der Waals surface area contributed by atoms with E-state index in [0.717, 1.165) is 24.3 Å². The minimum Gasteiger partial charge on any atom is -0.378 e. The van der Waals surface area contributed by atoms with Crippen molar-refractivity contribution in [2.75, 3.05) is 31.2 Å². The average Bonchev–Trinajstić information content (AvgIpc) is 3.06. The van der Waals surface area contributed by atoms with Crippen molar-refractivity contribution in [3.63, 3.8) is 0 Å². The first-order valence-electron chi connectivity index (χ1n) is 8.41. The highest BCUT2D eigenvalue weighted by Crippen LogP contribution is 2.27. The lowest BCUT2D eigenvalue weighted by Crippen LogP contribution is -2.37. The Morgan fingerprint density at radius 1 is 1.19 bits per heavy atom. The van der Waals surface area contributed by atoms with E-state index in [9.17, 15) is 8.42 Å². The highest BCUT2D eigenvalue weighted by molar-refractivity contribution is 7.88. The summed E-state index contributed by atoms with van der Waals surface area (Å²) in [6.45, 7) is 3.38. The van der Waals surface area contributed by atoms with Gasteiger partial charge in [0.05, 0.1) is 31.2 Å². The van der Waals surface area contributed by atoms with Crippen LogP contribution in [0, 0.1) is 0 Å². The molecule has 3 heterocycles. The third kappa shape index (κ3) is 3.68. The van der Waals surface area contributed by atoms with Crippen LogP contribution in [-0.4, -0.2) is 49.0 Å². The fourth-order valence-corrected chi connectivity index (χ4v) is 4.81. The molecule has 1 fully saturated rings. The Bertz CT molecular complexity index is 916. The van der Waals surface area contributed by atoms with E-state index in [1.807, 2.05) is 0 Å². The predicted octanol–water partition coefficient (Wildman–Crippen LogP) is 1.81. The molecule has 0 amide bonds. The van der Waals surface area contributed by atoms with E-state index in [2.05, 4.69) is 14.9 Å². The Morgan fingerprint density at radius 3 is 2.77 bits per heavy atom. The van der Waals surface area contributed by atoms with Crippen LogP contribution in [0.15, 0.2) is 30.5 Å². The molecule has 0 unspecified atom stereocenters. The second kappa shape index (κ2) is 7.11. The highest BCUT2D eigenvalue weighted by atomic mass is 35.5. The molecule has 26 heavy (non-hydrogen) atoms. The Labute approximate surface area is 157 Å². The van der Waals surface area contributed by atoms with Gasteiger partial charge in [0.1, 0.15) is 0 Å². The van der Waals surface area contributed by atoms with Gasteiger partial charge >= 0.3 is 0 Å². The lowest BCUT2D eigenvalue weighted by Gasteiger charge is -2.26. The predicted molar refractivity (Wildman–Crippen MR) is 98.4 cm³/mol. The molecular formula is C17H19ClN4O3S. The number of sulfonamides is 1. The molecule has 0 atom stereocenters. The summed E-state index contributed by atoms with van der Waals surface area (Å²) in [6.07, 6.45) is 1.74. The van der Waals surface area contributed by atoms with Crippen LogP contribution in [0.1, 0.15) is 16.8 Å². The number of hydrogen-bond donors (Lipinski definition) is 0. The van der Waals surface area contributed by atoms with Gasteiger partial charge in [-0.2, -0.15) is 4.31 Å². The molecule has 2 aliphatic rings. The van der Waals surface area contributed by atoms with Gasteiger partial charge in [0.15, 0.2) is 0 Å². The van der Waals surface area contributed by atoms with Gasteiger partial charge in [-0.3, -0.25) is 0 Å². The smallest absolute Gasteiger partial charge is 0.225 e. The van der Waals surface area contributed by atoms with E-state index < -0.39 is 10.0 Å². The van der Waals surface area contributed by atoms with Crippen LogP contribution in [0.5, 0.6) is 0 Å². The number of morpholine rings is 1. The van der Waals surface area contributed by atoms with E-state index in [4.69, 9.17) is 16.3 Å². The molecule has 7 nitrogen and oxygen atoms in total. The van der Waals surface area contributed by atoms with Gasteiger partial charge in [-0.25, -0.2) is 18.4 Å². The first kappa shape index (κ1) is 17.7. The summed E-state index contributed by atoms with van der Waals surface area (Å²) in [5.74, 6) is 0.562. The maximum absolute atomic E-state index is 12.8. The van der Waals surface area contributed by atoms with Crippen molar-refractivity contribution < 1.29 is 13.2 Å². The number of rotatable bonds is 4. The van der Waals surface area contributed by atoms with Gasteiger partial charge in [0.2, 0.25) is 16.0 Å². The number of halogens is 1. The Morgan fingerprint density at radius 2 is 2.00 bits per heavy atom. The fourth-order valence-electron chi connectivity index (χ4n) is 3.15. The zero-order valence-corrected chi connectivity index (χ0v) is 15.7. The molecule has 0 N–H and O–H groups in total. The number of hydrogen-bond acceptors (Lipinski definition) is 6. The second-order valence-electron chi connectivity index (χ2n) is 6.40.